The van der Waals surface area contributed by atoms with Crippen LogP contribution in [0.15, 0.2) is 82.8 Å². The maximum absolute atomic E-state index is 15.2. The second-order valence-electron chi connectivity index (χ2n) is 10.9. The number of alkyl halides is 2. The Morgan fingerprint density at radius 2 is 1.72 bits per heavy atom. The summed E-state index contributed by atoms with van der Waals surface area (Å²) in [5, 5.41) is 6.48. The quantitative estimate of drug-likeness (QED) is 0.226. The molecule has 0 saturated carbocycles. The Kier molecular flexibility index (Phi) is 7.75. The molecule has 1 saturated heterocycles. The third-order valence-electron chi connectivity index (χ3n) is 7.32. The zero-order chi connectivity index (χ0) is 32.7. The Balaban J connectivity index is 1.22. The van der Waals surface area contributed by atoms with Crippen LogP contribution in [-0.2, 0) is 0 Å². The van der Waals surface area contributed by atoms with Crippen LogP contribution in [0.1, 0.15) is 26.3 Å². The van der Waals surface area contributed by atoms with Gasteiger partial charge in [0.1, 0.15) is 11.3 Å². The van der Waals surface area contributed by atoms with Gasteiger partial charge in [0.05, 0.1) is 36.5 Å². The Labute approximate surface area is 257 Å². The number of halogens is 4. The van der Waals surface area contributed by atoms with Gasteiger partial charge >= 0.3 is 17.3 Å². The van der Waals surface area contributed by atoms with Gasteiger partial charge in [-0.1, -0.05) is 0 Å². The fourth-order valence-corrected chi connectivity index (χ4v) is 5.02. The van der Waals surface area contributed by atoms with Gasteiger partial charge < -0.3 is 14.4 Å². The average molecular weight is 639 g/mol. The van der Waals surface area contributed by atoms with Crippen LogP contribution in [0.25, 0.3) is 11.2 Å². The van der Waals surface area contributed by atoms with Crippen LogP contribution < -0.4 is 30.9 Å². The highest BCUT2D eigenvalue weighted by Gasteiger charge is 2.38. The molecule has 0 radical (unpaired) electrons. The van der Waals surface area contributed by atoms with E-state index in [1.54, 1.807) is 26.1 Å². The summed E-state index contributed by atoms with van der Waals surface area (Å²) >= 11 is 0. The molecule has 1 fully saturated rings. The number of hydrogen-bond donors (Lipinski definition) is 1. The summed E-state index contributed by atoms with van der Waals surface area (Å²) in [5.74, 6) is -4.84. The minimum atomic E-state index is -2.83. The lowest BCUT2D eigenvalue weighted by molar-refractivity contribution is 0.0257. The predicted octanol–water partition coefficient (Wildman–Crippen LogP) is 5.75. The molecule has 15 heteroatoms. The number of pyridine rings is 1. The Morgan fingerprint density at radius 3 is 2.39 bits per heavy atom. The van der Waals surface area contributed by atoms with Crippen molar-refractivity contribution < 1.29 is 31.8 Å². The van der Waals surface area contributed by atoms with Gasteiger partial charge in [0.2, 0.25) is 5.75 Å². The van der Waals surface area contributed by atoms with Gasteiger partial charge in [-0.15, -0.1) is 0 Å². The molecule has 1 N–H and O–H groups in total. The van der Waals surface area contributed by atoms with Crippen molar-refractivity contribution in [3.05, 3.63) is 106 Å². The first-order valence-electron chi connectivity index (χ1n) is 14.1. The lowest BCUT2D eigenvalue weighted by Crippen LogP contribution is -2.40. The van der Waals surface area contributed by atoms with Crippen molar-refractivity contribution >= 4 is 23.0 Å². The van der Waals surface area contributed by atoms with Crippen LogP contribution >= 0.6 is 0 Å². The summed E-state index contributed by atoms with van der Waals surface area (Å²) < 4.78 is 70.7. The van der Waals surface area contributed by atoms with E-state index in [2.05, 4.69) is 10.4 Å². The maximum atomic E-state index is 15.2. The molecular formula is C31H26F4N6O5. The van der Waals surface area contributed by atoms with E-state index in [-0.39, 0.29) is 35.8 Å². The number of amides is 1. The summed E-state index contributed by atoms with van der Waals surface area (Å²) in [5.41, 5.74) is -0.792. The number of nitrogens with zero attached hydrogens (tertiary/aromatic N) is 5. The largest absolute Gasteiger partial charge is 0.452 e. The molecule has 2 aromatic carbocycles. The normalized spacial score (nSPS) is 14.2. The minimum Gasteiger partial charge on any atom is -0.452 e. The lowest BCUT2D eigenvalue weighted by Gasteiger charge is -2.20. The second kappa shape index (κ2) is 11.7. The number of aromatic nitrogens is 4. The number of nitrogens with one attached hydrogen (secondary N) is 1. The van der Waals surface area contributed by atoms with Crippen LogP contribution in [0.2, 0.25) is 0 Å². The first kappa shape index (κ1) is 30.4. The highest BCUT2D eigenvalue weighted by Crippen LogP contribution is 2.36. The van der Waals surface area contributed by atoms with Crippen molar-refractivity contribution in [2.24, 2.45) is 0 Å². The zero-order valence-corrected chi connectivity index (χ0v) is 24.4. The van der Waals surface area contributed by atoms with Crippen molar-refractivity contribution in [1.29, 1.82) is 0 Å². The van der Waals surface area contributed by atoms with Crippen molar-refractivity contribution in [2.75, 3.05) is 23.3 Å². The summed E-state index contributed by atoms with van der Waals surface area (Å²) in [7, 11) is 0. The van der Waals surface area contributed by atoms with Crippen molar-refractivity contribution in [3.63, 3.8) is 0 Å². The molecule has 0 unspecified atom stereocenters. The SMILES string of the molecule is CC(C)n1cc(OC(=O)Nc2ccc(Oc3cc(N4CCC(F)(F)C4)cn4nccc34)c(F)c2)c(=O)n(-c2ccc(F)cc2)c1=O. The number of hydrogen-bond acceptors (Lipinski definition) is 7. The molecule has 0 bridgehead atoms. The molecule has 0 aliphatic carbocycles. The maximum Gasteiger partial charge on any atom is 0.417 e. The van der Waals surface area contributed by atoms with E-state index in [9.17, 15) is 27.6 Å². The first-order chi connectivity index (χ1) is 21.9. The van der Waals surface area contributed by atoms with E-state index in [1.807, 2.05) is 0 Å². The van der Waals surface area contributed by atoms with Crippen LogP contribution in [0.4, 0.5) is 33.7 Å². The highest BCUT2D eigenvalue weighted by atomic mass is 19.3. The molecular weight excluding hydrogens is 612 g/mol. The molecule has 11 nitrogen and oxygen atoms in total. The van der Waals surface area contributed by atoms with E-state index in [0.717, 1.165) is 29.0 Å². The Morgan fingerprint density at radius 1 is 0.957 bits per heavy atom. The molecule has 0 atom stereocenters. The highest BCUT2D eigenvalue weighted by molar-refractivity contribution is 5.86. The van der Waals surface area contributed by atoms with Gasteiger partial charge in [-0.05, 0) is 56.3 Å². The van der Waals surface area contributed by atoms with Gasteiger partial charge in [-0.25, -0.2) is 36.2 Å². The lowest BCUT2D eigenvalue weighted by atomic mass is 10.2. The molecule has 1 aliphatic heterocycles. The molecule has 0 spiro atoms. The minimum absolute atomic E-state index is 0.0477. The predicted molar refractivity (Wildman–Crippen MR) is 160 cm³/mol. The smallest absolute Gasteiger partial charge is 0.417 e. The van der Waals surface area contributed by atoms with E-state index >= 15 is 4.39 Å². The third-order valence-corrected chi connectivity index (χ3v) is 7.32. The van der Waals surface area contributed by atoms with Gasteiger partial charge in [0.15, 0.2) is 17.3 Å². The van der Waals surface area contributed by atoms with E-state index in [0.29, 0.717) is 11.2 Å². The van der Waals surface area contributed by atoms with Crippen molar-refractivity contribution in [3.8, 4) is 22.9 Å². The van der Waals surface area contributed by atoms with Gasteiger partial charge in [0.25, 0.3) is 5.92 Å². The molecule has 5 aromatic rings. The van der Waals surface area contributed by atoms with Crippen molar-refractivity contribution in [1.82, 2.24) is 18.7 Å². The molecule has 238 valence electrons. The monoisotopic (exact) mass is 638 g/mol. The zero-order valence-electron chi connectivity index (χ0n) is 24.4. The molecule has 6 rings (SSSR count). The van der Waals surface area contributed by atoms with E-state index in [4.69, 9.17) is 9.47 Å². The number of rotatable bonds is 7. The summed E-state index contributed by atoms with van der Waals surface area (Å²) in [6.45, 7) is 3.01. The van der Waals surface area contributed by atoms with E-state index in [1.165, 1.54) is 50.5 Å². The molecule has 1 aliphatic rings. The summed E-state index contributed by atoms with van der Waals surface area (Å²) in [6.07, 6.45) is 2.71. The third kappa shape index (κ3) is 6.03. The number of ether oxygens (including phenoxy) is 2. The van der Waals surface area contributed by atoms with E-state index < -0.39 is 53.2 Å². The summed E-state index contributed by atoms with van der Waals surface area (Å²) in [6, 6.07) is 10.9. The Bertz CT molecular complexity index is 2070. The topological polar surface area (TPSA) is 112 Å². The molecule has 1 amide bonds. The molecule has 46 heavy (non-hydrogen) atoms. The molecule has 4 heterocycles. The average Bonchev–Trinajstić information content (AvgIpc) is 3.62. The Hall–Kier alpha value is -5.60. The number of carbonyl (C=O) groups is 1. The van der Waals surface area contributed by atoms with Crippen molar-refractivity contribution in [2.45, 2.75) is 32.2 Å². The van der Waals surface area contributed by atoms with Gasteiger partial charge in [-0.2, -0.15) is 5.10 Å². The first-order valence-corrected chi connectivity index (χ1v) is 14.1. The number of benzene rings is 2. The second-order valence-corrected chi connectivity index (χ2v) is 10.9. The van der Waals surface area contributed by atoms with Gasteiger partial charge in [-0.3, -0.25) is 14.7 Å². The fourth-order valence-electron chi connectivity index (χ4n) is 5.02. The van der Waals surface area contributed by atoms with Crippen LogP contribution in [0.3, 0.4) is 0 Å². The van der Waals surface area contributed by atoms with Gasteiger partial charge in [0, 0.05) is 36.8 Å². The summed E-state index contributed by atoms with van der Waals surface area (Å²) in [4.78, 5) is 40.4. The number of anilines is 2. The van der Waals surface area contributed by atoms with Crippen LogP contribution in [0, 0.1) is 11.6 Å². The molecule has 3 aromatic heterocycles. The van der Waals surface area contributed by atoms with Crippen LogP contribution in [-0.4, -0.2) is 43.9 Å². The van der Waals surface area contributed by atoms with Crippen LogP contribution in [0.5, 0.6) is 17.2 Å². The standard InChI is InChI=1S/C31H26F4N6O5/c1-18(2)39-16-27(28(42)41(30(39)44)21-6-3-19(32)4-7-21)46-29(43)37-20-5-8-25(23(33)13-20)45-26-14-22(15-40-24(26)9-11-36-40)38-12-10-31(34,35)17-38/h3-9,11,13-16,18H,10,12,17H2,1-2H3,(H,37,43). The fraction of sp³-hybridized carbons (Fsp3) is 0.226. The number of carbonyl (C=O) groups excluding carboxylic acids is 1. The number of fused-ring (bicyclic) bond motifs is 1.